The number of hydrogen-bond acceptors (Lipinski definition) is 8. The van der Waals surface area contributed by atoms with Gasteiger partial charge in [0.1, 0.15) is 0 Å². The van der Waals surface area contributed by atoms with Gasteiger partial charge in [0.15, 0.2) is 11.6 Å². The molecule has 6 fully saturated rings. The maximum absolute atomic E-state index is 15.4. The van der Waals surface area contributed by atoms with Crippen LogP contribution in [-0.2, 0) is 29.4 Å². The summed E-state index contributed by atoms with van der Waals surface area (Å²) in [5.41, 5.74) is -1.22. The van der Waals surface area contributed by atoms with Crippen molar-refractivity contribution in [2.75, 3.05) is 19.6 Å². The fraction of sp³-hybridized carbons (Fsp3) is 0.667. The Balaban J connectivity index is 1.05. The number of fused-ring (bicyclic) bond motifs is 1. The molecule has 2 spiro atoms. The van der Waals surface area contributed by atoms with Crippen LogP contribution in [0.1, 0.15) is 135 Å². The molecule has 8 rings (SSSR count). The summed E-state index contributed by atoms with van der Waals surface area (Å²) in [6.45, 7) is 15.3. The van der Waals surface area contributed by atoms with E-state index in [0.29, 0.717) is 38.0 Å². The van der Waals surface area contributed by atoms with Crippen LogP contribution >= 0.6 is 0 Å². The quantitative estimate of drug-likeness (QED) is 0.190. The molecule has 3 heterocycles. The fourth-order valence-electron chi connectivity index (χ4n) is 12.6. The average molecular weight is 871 g/mol. The molecule has 1 aromatic carbocycles. The smallest absolute Gasteiger partial charge is 0.303 e. The van der Waals surface area contributed by atoms with E-state index in [1.54, 1.807) is 21.9 Å². The highest BCUT2D eigenvalue weighted by Crippen LogP contribution is 2.88. The van der Waals surface area contributed by atoms with Crippen LogP contribution in [0.25, 0.3) is 5.69 Å². The number of para-hydroxylation sites is 1. The van der Waals surface area contributed by atoms with Crippen molar-refractivity contribution in [1.82, 2.24) is 29.0 Å². The number of nitrogens with one attached hydrogen (secondary N) is 2. The summed E-state index contributed by atoms with van der Waals surface area (Å²) in [5, 5.41) is 7.50. The second kappa shape index (κ2) is 16.1. The Morgan fingerprint density at radius 1 is 0.935 bits per heavy atom. The zero-order valence-electron chi connectivity index (χ0n) is 37.3. The van der Waals surface area contributed by atoms with Crippen molar-refractivity contribution in [2.24, 2.45) is 44.8 Å². The molecular formula is C48H66N6O7S. The highest BCUT2D eigenvalue weighted by atomic mass is 32.2. The van der Waals surface area contributed by atoms with Crippen molar-refractivity contribution in [3.8, 4) is 5.69 Å². The molecule has 0 unspecified atom stereocenters. The number of aromatic nitrogens is 2. The monoisotopic (exact) mass is 870 g/mol. The van der Waals surface area contributed by atoms with E-state index in [4.69, 9.17) is 0 Å². The summed E-state index contributed by atoms with van der Waals surface area (Å²) in [6.07, 6.45) is 14.3. The minimum atomic E-state index is -4.08. The Hall–Kier alpha value is -4.17. The van der Waals surface area contributed by atoms with Gasteiger partial charge in [-0.3, -0.25) is 24.0 Å². The van der Waals surface area contributed by atoms with Gasteiger partial charge >= 0.3 is 10.2 Å². The summed E-state index contributed by atoms with van der Waals surface area (Å²) in [4.78, 5) is 74.7. The molecule has 6 aliphatic rings. The lowest BCUT2D eigenvalue weighted by Gasteiger charge is -2.37. The summed E-state index contributed by atoms with van der Waals surface area (Å²) in [7, 11) is -4.08. The molecule has 0 bridgehead atoms. The summed E-state index contributed by atoms with van der Waals surface area (Å²) < 4.78 is 31.7. The lowest BCUT2D eigenvalue weighted by molar-refractivity contribution is -0.146. The van der Waals surface area contributed by atoms with Gasteiger partial charge in [-0.1, -0.05) is 84.6 Å². The zero-order chi connectivity index (χ0) is 44.5. The van der Waals surface area contributed by atoms with Crippen LogP contribution in [-0.4, -0.2) is 88.4 Å². The molecule has 6 atom stereocenters. The first-order valence-electron chi connectivity index (χ1n) is 23.0. The van der Waals surface area contributed by atoms with Crippen LogP contribution in [0, 0.1) is 44.8 Å². The topological polar surface area (TPSA) is 168 Å². The summed E-state index contributed by atoms with van der Waals surface area (Å²) in [6, 6.07) is 7.85. The molecule has 1 aromatic heterocycles. The molecule has 4 saturated carbocycles. The van der Waals surface area contributed by atoms with Crippen LogP contribution in [0.4, 0.5) is 0 Å². The number of rotatable bonds is 15. The highest BCUT2D eigenvalue weighted by molar-refractivity contribution is 7.87. The van der Waals surface area contributed by atoms with Gasteiger partial charge in [0.05, 0.1) is 34.9 Å². The van der Waals surface area contributed by atoms with E-state index in [-0.39, 0.29) is 58.4 Å². The number of Topliss-reactive ketones (excluding diaryl/α,β-unsaturated/α-hetero) is 2. The number of benzene rings is 1. The van der Waals surface area contributed by atoms with E-state index in [0.717, 1.165) is 69.9 Å². The van der Waals surface area contributed by atoms with Crippen molar-refractivity contribution in [2.45, 2.75) is 137 Å². The van der Waals surface area contributed by atoms with Crippen molar-refractivity contribution >= 4 is 39.5 Å². The Morgan fingerprint density at radius 3 is 2.19 bits per heavy atom. The minimum absolute atomic E-state index is 0.00733. The third kappa shape index (κ3) is 7.48. The molecule has 0 radical (unpaired) electrons. The summed E-state index contributed by atoms with van der Waals surface area (Å²) in [5.74, 6) is -3.07. The molecule has 62 heavy (non-hydrogen) atoms. The van der Waals surface area contributed by atoms with E-state index < -0.39 is 50.9 Å². The van der Waals surface area contributed by atoms with Gasteiger partial charge in [-0.25, -0.2) is 9.40 Å². The number of ketones is 2. The normalized spacial score (nSPS) is 28.8. The maximum Gasteiger partial charge on any atom is 0.303 e. The molecule has 2 saturated heterocycles. The van der Waals surface area contributed by atoms with Crippen LogP contribution < -0.4 is 10.0 Å². The second-order valence-corrected chi connectivity index (χ2v) is 22.8. The van der Waals surface area contributed by atoms with Crippen LogP contribution in [0.2, 0.25) is 0 Å². The maximum atomic E-state index is 15.4. The van der Waals surface area contributed by atoms with Gasteiger partial charge in [-0.05, 0) is 91.6 Å². The van der Waals surface area contributed by atoms with Crippen molar-refractivity contribution < 1.29 is 32.4 Å². The van der Waals surface area contributed by atoms with Crippen molar-refractivity contribution in [1.29, 1.82) is 0 Å². The number of carbonyl (C=O) groups excluding carboxylic acids is 5. The van der Waals surface area contributed by atoms with E-state index in [2.05, 4.69) is 35.6 Å². The summed E-state index contributed by atoms with van der Waals surface area (Å²) >= 11 is 0. The predicted molar refractivity (Wildman–Crippen MR) is 235 cm³/mol. The van der Waals surface area contributed by atoms with E-state index in [9.17, 15) is 27.6 Å². The number of allylic oxidation sites excluding steroid dienone is 1. The Bertz CT molecular complexity index is 2210. The van der Waals surface area contributed by atoms with E-state index in [1.165, 1.54) is 10.5 Å². The molecule has 14 heteroatoms. The van der Waals surface area contributed by atoms with Crippen molar-refractivity contribution in [3.05, 3.63) is 60.9 Å². The first kappa shape index (κ1) is 44.4. The number of likely N-dealkylation sites (tertiary alicyclic amines) is 1. The number of amides is 3. The van der Waals surface area contributed by atoms with Gasteiger partial charge in [0.25, 0.3) is 5.91 Å². The Kier molecular flexibility index (Phi) is 11.6. The van der Waals surface area contributed by atoms with E-state index >= 15 is 4.79 Å². The highest BCUT2D eigenvalue weighted by Gasteiger charge is 2.85. The third-order valence-electron chi connectivity index (χ3n) is 16.8. The zero-order valence-corrected chi connectivity index (χ0v) is 38.1. The molecule has 336 valence electrons. The first-order chi connectivity index (χ1) is 29.3. The van der Waals surface area contributed by atoms with Gasteiger partial charge in [-0.2, -0.15) is 17.8 Å². The van der Waals surface area contributed by atoms with Gasteiger partial charge < -0.3 is 10.2 Å². The van der Waals surface area contributed by atoms with Crippen molar-refractivity contribution in [3.63, 3.8) is 0 Å². The van der Waals surface area contributed by atoms with E-state index in [1.807, 2.05) is 51.1 Å². The average Bonchev–Trinajstić information content (AvgIpc) is 3.63. The standard InChI is InChI=1S/C48H66N6O7S/c1-7-34-26-46(34,43(59)51-62(60,61)52-23-14-15-24-52)28-39(56)37-27-48(45(5,6)47(48)21-16-22-47)31-53(37)42(58)36(44(2,3)4)25-38(55)40(32-17-10-8-11-18-32)50-41(57)33-29-49-54(30-33)35-19-12-9-13-20-35/h7,9,12-13,19-20,29-30,32,34,36-37,40H,1,8,10-11,14-18,21-28,31H2,2-6H3,(H,50,57)(H,51,59)/t34-,36-,37+,40+,46-,48-/m1/s1. The second-order valence-electron chi connectivity index (χ2n) is 21.2. The minimum Gasteiger partial charge on any atom is -0.342 e. The Labute approximate surface area is 367 Å². The number of carbonyl (C=O) groups is 5. The molecule has 3 amide bonds. The van der Waals surface area contributed by atoms with Gasteiger partial charge in [0.2, 0.25) is 11.8 Å². The largest absolute Gasteiger partial charge is 0.342 e. The molecule has 4 aliphatic carbocycles. The molecule has 13 nitrogen and oxygen atoms in total. The Morgan fingerprint density at radius 2 is 1.61 bits per heavy atom. The number of nitrogens with zero attached hydrogens (tertiary/aromatic N) is 4. The lowest BCUT2D eigenvalue weighted by Crippen LogP contribution is -2.51. The fourth-order valence-corrected chi connectivity index (χ4v) is 13.9. The third-order valence-corrected chi connectivity index (χ3v) is 18.3. The SMILES string of the molecule is C=C[C@@H]1C[C@]1(CC(=O)[C@@H]1C[C@@]2(CN1C(=O)[C@@H](CC(=O)[C@@H](NC(=O)c1cnn(-c3ccccc3)c1)C1CCCCC1)C(C)(C)C)C(C)(C)C21CCC1)C(=O)NS(=O)(=O)N1CCCC1. The van der Waals surface area contributed by atoms with Crippen LogP contribution in [0.5, 0.6) is 0 Å². The van der Waals surface area contributed by atoms with Crippen LogP contribution in [0.3, 0.4) is 0 Å². The molecular weight excluding hydrogens is 805 g/mol. The van der Waals surface area contributed by atoms with Crippen LogP contribution in [0.15, 0.2) is 55.4 Å². The first-order valence-corrected chi connectivity index (χ1v) is 24.5. The predicted octanol–water partition coefficient (Wildman–Crippen LogP) is 6.58. The molecule has 2 aromatic rings. The lowest BCUT2D eigenvalue weighted by atomic mass is 9.73. The molecule has 2 aliphatic heterocycles. The van der Waals surface area contributed by atoms with Gasteiger partial charge in [-0.15, -0.1) is 6.58 Å². The van der Waals surface area contributed by atoms with Gasteiger partial charge in [0, 0.05) is 50.0 Å². The molecule has 2 N–H and O–H groups in total. The number of hydrogen-bond donors (Lipinski definition) is 2.